The lowest BCUT2D eigenvalue weighted by molar-refractivity contribution is -0.389. The monoisotopic (exact) mass is 609 g/mol. The van der Waals surface area contributed by atoms with E-state index in [1.165, 1.54) is 18.3 Å². The number of rotatable bonds is 6. The van der Waals surface area contributed by atoms with E-state index in [0.29, 0.717) is 57.0 Å². The molecule has 1 aromatic carbocycles. The second-order valence-electron chi connectivity index (χ2n) is 9.52. The van der Waals surface area contributed by atoms with Gasteiger partial charge in [0, 0.05) is 55.4 Å². The van der Waals surface area contributed by atoms with Crippen LogP contribution >= 0.6 is 0 Å². The fourth-order valence-corrected chi connectivity index (χ4v) is 4.14. The van der Waals surface area contributed by atoms with Crippen LogP contribution in [-0.2, 0) is 27.0 Å². The summed E-state index contributed by atoms with van der Waals surface area (Å²) in [5.74, 6) is 2.53. The Labute approximate surface area is 242 Å². The van der Waals surface area contributed by atoms with E-state index >= 15 is 0 Å². The molecule has 2 aromatic rings. The highest BCUT2D eigenvalue weighted by Gasteiger charge is 2.42. The molecule has 1 unspecified atom stereocenters. The fourth-order valence-electron chi connectivity index (χ4n) is 4.14. The largest absolute Gasteiger partial charge is 0.478 e. The highest BCUT2D eigenvalue weighted by atomic mass is 19.4. The van der Waals surface area contributed by atoms with Crippen molar-refractivity contribution in [3.05, 3.63) is 63.9 Å². The van der Waals surface area contributed by atoms with E-state index in [1.54, 1.807) is 9.47 Å². The standard InChI is InChI=1S/C22H22F3N5O5.C4H4O4/c1-21(15-29-13-18(30(32)33)26-19(29)35-21)14-27-8-10-28(11-9-27)20(31)34-12-2-3-16-4-6-17(7-5-16)22(23,24)25;5-3(6)1-2-4(7)8/h4-7,13H,8-12,14-15H2,1H3;1-2H,(H,5,6)(H,7,8)/b;2-1-. The van der Waals surface area contributed by atoms with Gasteiger partial charge in [-0.2, -0.15) is 13.2 Å². The molecular weight excluding hydrogens is 583 g/mol. The molecule has 1 saturated heterocycles. The van der Waals surface area contributed by atoms with Gasteiger partial charge in [0.1, 0.15) is 11.8 Å². The molecule has 1 atom stereocenters. The Kier molecular flexibility index (Phi) is 10.3. The Morgan fingerprint density at radius 3 is 2.26 bits per heavy atom. The maximum atomic E-state index is 12.6. The summed E-state index contributed by atoms with van der Waals surface area (Å²) < 4.78 is 50.4. The second-order valence-corrected chi connectivity index (χ2v) is 9.52. The summed E-state index contributed by atoms with van der Waals surface area (Å²) in [6, 6.07) is 4.65. The van der Waals surface area contributed by atoms with Gasteiger partial charge >= 0.3 is 36.0 Å². The van der Waals surface area contributed by atoms with Crippen LogP contribution in [0.5, 0.6) is 6.01 Å². The minimum atomic E-state index is -4.40. The van der Waals surface area contributed by atoms with Crippen molar-refractivity contribution in [3.63, 3.8) is 0 Å². The van der Waals surface area contributed by atoms with Gasteiger partial charge in [0.15, 0.2) is 6.61 Å². The van der Waals surface area contributed by atoms with Gasteiger partial charge in [-0.15, -0.1) is 0 Å². The zero-order valence-electron chi connectivity index (χ0n) is 22.6. The number of aliphatic carboxylic acids is 2. The summed E-state index contributed by atoms with van der Waals surface area (Å²) in [6.07, 6.45) is -2.44. The number of hydrogen-bond donors (Lipinski definition) is 2. The Balaban J connectivity index is 0.000000557. The first-order chi connectivity index (χ1) is 20.1. The van der Waals surface area contributed by atoms with Crippen LogP contribution in [0.3, 0.4) is 0 Å². The number of nitro groups is 1. The third-order valence-corrected chi connectivity index (χ3v) is 6.03. The first-order valence-corrected chi connectivity index (χ1v) is 12.5. The summed E-state index contributed by atoms with van der Waals surface area (Å²) >= 11 is 0. The molecule has 14 nitrogen and oxygen atoms in total. The van der Waals surface area contributed by atoms with Crippen molar-refractivity contribution in [2.75, 3.05) is 39.3 Å². The molecule has 0 saturated carbocycles. The van der Waals surface area contributed by atoms with Crippen LogP contribution in [0, 0.1) is 22.0 Å². The number of nitrogens with zero attached hydrogens (tertiary/aromatic N) is 5. The van der Waals surface area contributed by atoms with E-state index in [4.69, 9.17) is 19.7 Å². The van der Waals surface area contributed by atoms with Gasteiger partial charge in [-0.25, -0.2) is 14.4 Å². The maximum Gasteiger partial charge on any atom is 0.416 e. The number of carbonyl (C=O) groups excluding carboxylic acids is 1. The molecule has 2 aliphatic heterocycles. The van der Waals surface area contributed by atoms with Gasteiger partial charge in [0.25, 0.3) is 0 Å². The molecule has 1 fully saturated rings. The van der Waals surface area contributed by atoms with Crippen LogP contribution in [0.4, 0.5) is 23.8 Å². The summed E-state index contributed by atoms with van der Waals surface area (Å²) in [7, 11) is 0. The Morgan fingerprint density at radius 1 is 1.14 bits per heavy atom. The van der Waals surface area contributed by atoms with E-state index in [9.17, 15) is 37.7 Å². The van der Waals surface area contributed by atoms with Gasteiger partial charge in [-0.05, 0) is 36.1 Å². The Hall–Kier alpha value is -5.11. The molecule has 0 radical (unpaired) electrons. The number of ether oxygens (including phenoxy) is 2. The molecule has 0 spiro atoms. The number of halogens is 3. The smallest absolute Gasteiger partial charge is 0.416 e. The molecule has 43 heavy (non-hydrogen) atoms. The van der Waals surface area contributed by atoms with E-state index < -0.39 is 40.3 Å². The minimum Gasteiger partial charge on any atom is -0.478 e. The summed E-state index contributed by atoms with van der Waals surface area (Å²) in [4.78, 5) is 49.2. The molecule has 1 aromatic heterocycles. The van der Waals surface area contributed by atoms with E-state index in [0.717, 1.165) is 12.1 Å². The SMILES string of the molecule is CC1(CN2CCN(C(=O)OCC#Cc3ccc(C(F)(F)F)cc3)CC2)Cn2cc([N+](=O)[O-])nc2O1.O=C(O)/C=C\C(=O)O. The molecule has 0 bridgehead atoms. The number of alkyl halides is 3. The van der Waals surface area contributed by atoms with Crippen molar-refractivity contribution >= 4 is 23.8 Å². The molecule has 4 rings (SSSR count). The normalized spacial score (nSPS) is 18.0. The topological polar surface area (TPSA) is 178 Å². The van der Waals surface area contributed by atoms with Crippen LogP contribution in [0.25, 0.3) is 0 Å². The van der Waals surface area contributed by atoms with E-state index in [1.807, 2.05) is 6.92 Å². The molecule has 2 aliphatic rings. The predicted molar refractivity (Wildman–Crippen MR) is 140 cm³/mol. The van der Waals surface area contributed by atoms with Crippen molar-refractivity contribution in [2.45, 2.75) is 25.2 Å². The zero-order chi connectivity index (χ0) is 31.8. The Bertz CT molecular complexity index is 1400. The number of carbonyl (C=O) groups is 3. The molecule has 1 amide bonds. The van der Waals surface area contributed by atoms with Crippen molar-refractivity contribution in [2.24, 2.45) is 0 Å². The van der Waals surface area contributed by atoms with Crippen molar-refractivity contribution in [3.8, 4) is 17.9 Å². The van der Waals surface area contributed by atoms with Crippen LogP contribution in [0.15, 0.2) is 42.6 Å². The van der Waals surface area contributed by atoms with Crippen LogP contribution in [-0.4, -0.2) is 97.5 Å². The average molecular weight is 610 g/mol. The maximum absolute atomic E-state index is 12.6. The number of aromatic nitrogens is 2. The van der Waals surface area contributed by atoms with Gasteiger partial charge < -0.3 is 34.7 Å². The fraction of sp³-hybridized carbons (Fsp3) is 0.385. The third kappa shape index (κ3) is 9.74. The average Bonchev–Trinajstić information content (AvgIpc) is 3.45. The number of fused-ring (bicyclic) bond motifs is 1. The van der Waals surface area contributed by atoms with Crippen molar-refractivity contribution in [1.82, 2.24) is 19.4 Å². The molecule has 17 heteroatoms. The lowest BCUT2D eigenvalue weighted by Gasteiger charge is -2.37. The number of carboxylic acid groups (broad SMARTS) is 2. The van der Waals surface area contributed by atoms with Crippen LogP contribution < -0.4 is 4.74 Å². The summed E-state index contributed by atoms with van der Waals surface area (Å²) in [5.41, 5.74) is -0.951. The van der Waals surface area contributed by atoms with E-state index in [2.05, 4.69) is 21.7 Å². The van der Waals surface area contributed by atoms with Gasteiger partial charge in [-0.1, -0.05) is 11.8 Å². The van der Waals surface area contributed by atoms with Gasteiger partial charge in [-0.3, -0.25) is 9.47 Å². The zero-order valence-corrected chi connectivity index (χ0v) is 22.6. The van der Waals surface area contributed by atoms with Gasteiger partial charge in [0.2, 0.25) is 0 Å². The third-order valence-electron chi connectivity index (χ3n) is 6.03. The molecular formula is C26H26F3N5O9. The number of imidazole rings is 1. The second kappa shape index (κ2) is 13.7. The molecule has 230 valence electrons. The number of hydrogen-bond acceptors (Lipinski definition) is 9. The lowest BCUT2D eigenvalue weighted by atomic mass is 10.1. The van der Waals surface area contributed by atoms with Crippen LogP contribution in [0.2, 0.25) is 0 Å². The first kappa shape index (κ1) is 32.4. The van der Waals surface area contributed by atoms with Crippen molar-refractivity contribution in [1.29, 1.82) is 0 Å². The van der Waals surface area contributed by atoms with Gasteiger partial charge in [0.05, 0.1) is 12.1 Å². The van der Waals surface area contributed by atoms with E-state index in [-0.39, 0.29) is 18.4 Å². The lowest BCUT2D eigenvalue weighted by Crippen LogP contribution is -2.54. The minimum absolute atomic E-state index is 0.177. The Morgan fingerprint density at radius 2 is 1.74 bits per heavy atom. The predicted octanol–water partition coefficient (Wildman–Crippen LogP) is 2.48. The first-order valence-electron chi connectivity index (χ1n) is 12.5. The van der Waals surface area contributed by atoms with Crippen molar-refractivity contribution < 1.29 is 52.2 Å². The number of benzene rings is 1. The number of carboxylic acids is 2. The number of piperazine rings is 1. The molecule has 0 aliphatic carbocycles. The molecule has 3 heterocycles. The highest BCUT2D eigenvalue weighted by molar-refractivity contribution is 5.89. The highest BCUT2D eigenvalue weighted by Crippen LogP contribution is 2.32. The number of amides is 1. The van der Waals surface area contributed by atoms with Crippen LogP contribution in [0.1, 0.15) is 18.1 Å². The quantitative estimate of drug-likeness (QED) is 0.213. The molecule has 2 N–H and O–H groups in total. The summed E-state index contributed by atoms with van der Waals surface area (Å²) in [5, 5.41) is 26.5. The summed E-state index contributed by atoms with van der Waals surface area (Å²) in [6.45, 7) is 4.79.